The van der Waals surface area contributed by atoms with Gasteiger partial charge in [-0.3, -0.25) is 28.7 Å². The van der Waals surface area contributed by atoms with E-state index in [-0.39, 0.29) is 72.7 Å². The number of nitrogens with zero attached hydrogens (tertiary/aromatic N) is 3. The molecule has 1 aromatic heterocycles. The Morgan fingerprint density at radius 1 is 1.04 bits per heavy atom. The zero-order valence-corrected chi connectivity index (χ0v) is 33.9. The van der Waals surface area contributed by atoms with Crippen molar-refractivity contribution < 1.29 is 37.1 Å². The largest absolute Gasteiger partial charge is 0.471 e. The molecule has 3 fully saturated rings. The van der Waals surface area contributed by atoms with Crippen LogP contribution in [-0.4, -0.2) is 76.2 Å². The van der Waals surface area contributed by atoms with E-state index in [0.29, 0.717) is 42.9 Å². The molecule has 2 aromatic rings. The minimum atomic E-state index is -3.87. The molecule has 14 heteroatoms. The van der Waals surface area contributed by atoms with Crippen LogP contribution in [0.15, 0.2) is 41.2 Å². The molecule has 55 heavy (non-hydrogen) atoms. The van der Waals surface area contributed by atoms with Gasteiger partial charge in [0.2, 0.25) is 27.7 Å². The molecule has 3 heterocycles. The third kappa shape index (κ3) is 8.99. The van der Waals surface area contributed by atoms with Crippen molar-refractivity contribution in [2.75, 3.05) is 6.54 Å². The summed E-state index contributed by atoms with van der Waals surface area (Å²) in [6.07, 6.45) is 6.29. The van der Waals surface area contributed by atoms with Gasteiger partial charge in [-0.05, 0) is 103 Å². The number of allylic oxidation sites excluding steroid dienone is 2. The average molecular weight is 781 g/mol. The maximum Gasteiger partial charge on any atom is 0.307 e. The van der Waals surface area contributed by atoms with E-state index in [9.17, 15) is 32.4 Å². The summed E-state index contributed by atoms with van der Waals surface area (Å²) >= 11 is 0. The third-order valence-corrected chi connectivity index (χ3v) is 13.4. The van der Waals surface area contributed by atoms with E-state index in [4.69, 9.17) is 9.47 Å². The van der Waals surface area contributed by atoms with Crippen molar-refractivity contribution in [3.63, 3.8) is 0 Å². The number of ether oxygens (including phenoxy) is 2. The fourth-order valence-electron chi connectivity index (χ4n) is 8.32. The Kier molecular flexibility index (Phi) is 11.4. The Balaban J connectivity index is 1.37. The molecule has 2 amide bonds. The minimum Gasteiger partial charge on any atom is -0.471 e. The summed E-state index contributed by atoms with van der Waals surface area (Å²) in [4.78, 5) is 71.5. The lowest BCUT2D eigenvalue weighted by molar-refractivity contribution is -0.160. The second-order valence-corrected chi connectivity index (χ2v) is 19.6. The molecule has 2 aliphatic heterocycles. The normalized spacial score (nSPS) is 29.9. The molecule has 1 saturated heterocycles. The van der Waals surface area contributed by atoms with Crippen molar-refractivity contribution in [3.8, 4) is 5.88 Å². The molecule has 1 N–H and O–H groups in total. The molecular weight excluding hydrogens is 725 g/mol. The van der Waals surface area contributed by atoms with Gasteiger partial charge in [0.25, 0.3) is 5.56 Å². The summed E-state index contributed by atoms with van der Waals surface area (Å²) in [5.74, 6) is -2.96. The van der Waals surface area contributed by atoms with Crippen LogP contribution < -0.4 is 15.0 Å². The number of ketones is 1. The monoisotopic (exact) mass is 780 g/mol. The number of nitrogens with one attached hydrogen (secondary N) is 1. The van der Waals surface area contributed by atoms with Crippen LogP contribution in [0.3, 0.4) is 0 Å². The van der Waals surface area contributed by atoms with Crippen molar-refractivity contribution in [2.24, 2.45) is 29.1 Å². The highest BCUT2D eigenvalue weighted by atomic mass is 32.2. The van der Waals surface area contributed by atoms with Crippen LogP contribution in [0.5, 0.6) is 5.88 Å². The van der Waals surface area contributed by atoms with E-state index in [1.54, 1.807) is 45.0 Å². The predicted molar refractivity (Wildman–Crippen MR) is 206 cm³/mol. The zero-order valence-electron chi connectivity index (χ0n) is 33.1. The fourth-order valence-corrected chi connectivity index (χ4v) is 9.71. The van der Waals surface area contributed by atoms with Crippen molar-refractivity contribution in [1.82, 2.24) is 19.4 Å². The summed E-state index contributed by atoms with van der Waals surface area (Å²) in [5.41, 5.74) is -2.31. The van der Waals surface area contributed by atoms with E-state index >= 15 is 0 Å². The van der Waals surface area contributed by atoms with Crippen LogP contribution in [0.25, 0.3) is 10.8 Å². The molecule has 6 rings (SSSR count). The number of carbonyl (C=O) groups excluding carboxylic acids is 4. The molecule has 300 valence electrons. The molecule has 2 saturated carbocycles. The van der Waals surface area contributed by atoms with Gasteiger partial charge < -0.3 is 14.4 Å². The van der Waals surface area contributed by atoms with Gasteiger partial charge in [0.05, 0.1) is 52.4 Å². The maximum atomic E-state index is 14.9. The van der Waals surface area contributed by atoms with Crippen LogP contribution in [0.2, 0.25) is 0 Å². The average Bonchev–Trinajstić information content (AvgIpc) is 4.02. The lowest BCUT2D eigenvalue weighted by Crippen LogP contribution is -2.47. The van der Waals surface area contributed by atoms with E-state index in [1.165, 1.54) is 9.58 Å². The number of hydrogen-bond donors (Lipinski definition) is 1. The van der Waals surface area contributed by atoms with Crippen LogP contribution in [0.4, 0.5) is 0 Å². The van der Waals surface area contributed by atoms with Gasteiger partial charge in [0, 0.05) is 12.8 Å². The van der Waals surface area contributed by atoms with Gasteiger partial charge in [-0.1, -0.05) is 38.1 Å². The Labute approximate surface area is 323 Å². The van der Waals surface area contributed by atoms with Gasteiger partial charge in [-0.2, -0.15) is 0 Å². The topological polar surface area (TPSA) is 171 Å². The number of aromatic nitrogens is 2. The van der Waals surface area contributed by atoms with Gasteiger partial charge in [0.15, 0.2) is 5.78 Å². The van der Waals surface area contributed by atoms with E-state index in [0.717, 1.165) is 6.42 Å². The van der Waals surface area contributed by atoms with Crippen LogP contribution in [0.1, 0.15) is 112 Å². The highest BCUT2D eigenvalue weighted by molar-refractivity contribution is 7.90. The molecular formula is C41H56N4O9S. The smallest absolute Gasteiger partial charge is 0.307 e. The number of amides is 2. The van der Waals surface area contributed by atoms with Gasteiger partial charge in [-0.25, -0.2) is 13.1 Å². The predicted octanol–water partition coefficient (Wildman–Crippen LogP) is 5.26. The number of rotatable bonds is 8. The Bertz CT molecular complexity index is 2030. The van der Waals surface area contributed by atoms with Crippen molar-refractivity contribution >= 4 is 44.4 Å². The second-order valence-electron chi connectivity index (χ2n) is 17.7. The molecule has 0 unspecified atom stereocenters. The summed E-state index contributed by atoms with van der Waals surface area (Å²) < 4.78 is 41.7. The quantitative estimate of drug-likeness (QED) is 0.275. The van der Waals surface area contributed by atoms with Gasteiger partial charge in [0.1, 0.15) is 11.7 Å². The number of carbonyl (C=O) groups is 4. The van der Waals surface area contributed by atoms with Crippen molar-refractivity contribution in [1.29, 1.82) is 0 Å². The number of benzene rings is 1. The fraction of sp³-hybridized carbons (Fsp3) is 0.659. The van der Waals surface area contributed by atoms with Gasteiger partial charge >= 0.3 is 5.97 Å². The standard InChI is InChI=1S/C41H56N4O9S/c1-24(2)45-38(49)31-15-11-10-14-30(31)36(42-45)53-28-19-33-34(46)22-41(39(50)43-55(51,52)29-16-17-29)21-27(41)13-9-8-12-25(3)18-26(4)32(37(48)44(33)23-28)20-35(47)54-40(5,6)7/h9-11,13-15,24-29,32-33H,8,12,16-23H2,1-7H3,(H,43,50)/b13-9-/t25-,26+,27+,28+,32-,33-,41+/m0/s1. The van der Waals surface area contributed by atoms with Crippen LogP contribution >= 0.6 is 0 Å². The molecule has 0 spiro atoms. The number of fused-ring (bicyclic) bond motifs is 3. The maximum absolute atomic E-state index is 14.9. The van der Waals surface area contributed by atoms with E-state index < -0.39 is 56.2 Å². The SMILES string of the molecule is CC(C)n1nc(O[C@@H]2C[C@H]3C(=O)C[C@]4(C(=O)NS(=O)(=O)C5CC5)C[C@H]4/C=C\CC[C@H](C)C[C@@H](C)[C@H](CC(=O)OC(C)(C)C)C(=O)N3C2)c2ccccc2c1=O. The molecule has 1 aromatic carbocycles. The summed E-state index contributed by atoms with van der Waals surface area (Å²) in [6, 6.07) is 5.69. The molecule has 0 bridgehead atoms. The lowest BCUT2D eigenvalue weighted by atomic mass is 9.82. The minimum absolute atomic E-state index is 0.00225. The first-order chi connectivity index (χ1) is 25.8. The first kappa shape index (κ1) is 40.6. The second kappa shape index (κ2) is 15.5. The number of hydrogen-bond acceptors (Lipinski definition) is 10. The summed E-state index contributed by atoms with van der Waals surface area (Å²) in [7, 11) is -3.87. The van der Waals surface area contributed by atoms with E-state index in [1.807, 2.05) is 32.9 Å². The first-order valence-electron chi connectivity index (χ1n) is 19.8. The number of esters is 1. The highest BCUT2D eigenvalue weighted by Crippen LogP contribution is 2.57. The van der Waals surface area contributed by atoms with Crippen LogP contribution in [-0.2, 0) is 33.9 Å². The number of Topliss-reactive ketones (excluding diaryl/α,β-unsaturated/α-hetero) is 1. The van der Waals surface area contributed by atoms with E-state index in [2.05, 4.69) is 16.7 Å². The zero-order chi connectivity index (χ0) is 40.0. The highest BCUT2D eigenvalue weighted by Gasteiger charge is 2.61. The molecule has 2 aliphatic carbocycles. The third-order valence-electron chi connectivity index (χ3n) is 11.5. The summed E-state index contributed by atoms with van der Waals surface area (Å²) in [6.45, 7) is 13.0. The number of sulfonamides is 1. The van der Waals surface area contributed by atoms with Gasteiger partial charge in [-0.15, -0.1) is 5.10 Å². The Hall–Kier alpha value is -4.07. The molecule has 13 nitrogen and oxygen atoms in total. The lowest BCUT2D eigenvalue weighted by Gasteiger charge is -2.32. The molecule has 4 aliphatic rings. The Morgan fingerprint density at radius 3 is 2.38 bits per heavy atom. The molecule has 0 radical (unpaired) electrons. The van der Waals surface area contributed by atoms with Crippen molar-refractivity contribution in [3.05, 3.63) is 46.8 Å². The van der Waals surface area contributed by atoms with Crippen molar-refractivity contribution in [2.45, 2.75) is 135 Å². The summed E-state index contributed by atoms with van der Waals surface area (Å²) in [5, 5.41) is 4.88. The first-order valence-corrected chi connectivity index (χ1v) is 21.3. The van der Waals surface area contributed by atoms with Crippen LogP contribution in [0, 0.1) is 29.1 Å². The Morgan fingerprint density at radius 2 is 1.73 bits per heavy atom. The molecule has 7 atom stereocenters.